The van der Waals surface area contributed by atoms with E-state index in [0.29, 0.717) is 70.6 Å². The van der Waals surface area contributed by atoms with E-state index in [9.17, 15) is 56.8 Å². The van der Waals surface area contributed by atoms with Crippen LogP contribution in [-0.4, -0.2) is 137 Å². The number of phosphoric acid groups is 6. The molecule has 460 valence electrons. The summed E-state index contributed by atoms with van der Waals surface area (Å²) in [7, 11) is -25.8. The Morgan fingerprint density at radius 2 is 0.692 bits per heavy atom. The van der Waals surface area contributed by atoms with Crippen molar-refractivity contribution in [1.29, 1.82) is 0 Å². The van der Waals surface area contributed by atoms with Gasteiger partial charge in [0.2, 0.25) is 0 Å². The van der Waals surface area contributed by atoms with Crippen molar-refractivity contribution in [1.82, 2.24) is 0 Å². The lowest BCUT2D eigenvalue weighted by atomic mass is 9.79. The highest BCUT2D eigenvalue weighted by Gasteiger charge is 2.79. The Morgan fingerprint density at radius 3 is 1.04 bits per heavy atom. The third kappa shape index (κ3) is 19.0. The number of hydrogen-bond acceptors (Lipinski definition) is 21. The first kappa shape index (κ1) is 69.3. The largest absolute Gasteiger partial charge is 0.473 e. The van der Waals surface area contributed by atoms with Gasteiger partial charge in [-0.2, -0.15) is 0 Å². The van der Waals surface area contributed by atoms with Crippen molar-refractivity contribution in [3.63, 3.8) is 0 Å². The summed E-state index contributed by atoms with van der Waals surface area (Å²) >= 11 is 0. The third-order valence-electron chi connectivity index (χ3n) is 13.3. The minimum absolute atomic E-state index is 0.102. The second kappa shape index (κ2) is 26.3. The van der Waals surface area contributed by atoms with Crippen molar-refractivity contribution in [2.75, 3.05) is 0 Å². The fraction of sp³-hybridized carbons (Fsp3) is 1.00. The van der Waals surface area contributed by atoms with Gasteiger partial charge in [-0.3, -0.25) is 54.3 Å². The Hall–Kier alpha value is 0.540. The molecule has 6 N–H and O–H groups in total. The van der Waals surface area contributed by atoms with Crippen LogP contribution >= 0.6 is 46.9 Å². The first-order valence-corrected chi connectivity index (χ1v) is 35.7. The predicted molar refractivity (Wildman–Crippen MR) is 279 cm³/mol. The summed E-state index contributed by atoms with van der Waals surface area (Å²) in [6.07, 6.45) is -2.50. The van der Waals surface area contributed by atoms with E-state index in [4.69, 9.17) is 68.5 Å². The highest BCUT2D eigenvalue weighted by atomic mass is 31.2. The number of ether oxygens (including phenoxy) is 3. The Labute approximate surface area is 459 Å². The number of rotatable bonds is 24. The molecule has 33 heteroatoms. The van der Waals surface area contributed by atoms with Gasteiger partial charge < -0.3 is 43.6 Å². The van der Waals surface area contributed by atoms with Crippen molar-refractivity contribution in [2.45, 2.75) is 282 Å². The van der Waals surface area contributed by atoms with Crippen LogP contribution in [-0.2, 0) is 95.9 Å². The monoisotopic (exact) mass is 1250 g/mol. The van der Waals surface area contributed by atoms with E-state index in [1.54, 1.807) is 83.1 Å². The molecule has 0 aromatic carbocycles. The highest BCUT2D eigenvalue weighted by Crippen LogP contribution is 2.73. The van der Waals surface area contributed by atoms with Gasteiger partial charge >= 0.3 is 46.9 Å². The zero-order valence-electron chi connectivity index (χ0n) is 47.4. The van der Waals surface area contributed by atoms with Crippen molar-refractivity contribution < 1.29 is 125 Å². The molecule has 78 heavy (non-hydrogen) atoms. The Bertz CT molecular complexity index is 2160. The van der Waals surface area contributed by atoms with Gasteiger partial charge in [-0.1, -0.05) is 0 Å². The molecule has 0 aromatic rings. The van der Waals surface area contributed by atoms with E-state index in [2.05, 4.69) is 0 Å². The zero-order chi connectivity index (χ0) is 59.0. The van der Waals surface area contributed by atoms with Crippen LogP contribution in [0.2, 0.25) is 0 Å². The van der Waals surface area contributed by atoms with E-state index in [0.717, 1.165) is 0 Å². The molecule has 0 aromatic heterocycles. The third-order valence-corrected chi connectivity index (χ3v) is 20.9. The second-order valence-corrected chi connectivity index (χ2v) is 31.1. The van der Waals surface area contributed by atoms with Gasteiger partial charge in [0.05, 0.1) is 67.1 Å². The van der Waals surface area contributed by atoms with E-state index in [1.165, 1.54) is 0 Å². The summed E-state index contributed by atoms with van der Waals surface area (Å²) in [6, 6.07) is 0. The molecule has 4 saturated carbocycles. The van der Waals surface area contributed by atoms with Crippen molar-refractivity contribution in [2.24, 2.45) is 5.92 Å². The molecule has 3 saturated heterocycles. The number of fused-ring (bicyclic) bond motifs is 5. The lowest BCUT2D eigenvalue weighted by Gasteiger charge is -2.42. The summed E-state index contributed by atoms with van der Waals surface area (Å²) in [5.74, 6) is -0.102. The molecule has 0 amide bonds. The quantitative estimate of drug-likeness (QED) is 0.0489. The Balaban J connectivity index is 0.000000216. The molecule has 0 radical (unpaired) electrons. The van der Waals surface area contributed by atoms with Crippen LogP contribution in [0.15, 0.2) is 0 Å². The van der Waals surface area contributed by atoms with Crippen LogP contribution in [0, 0.1) is 5.92 Å². The predicted octanol–water partition coefficient (Wildman–Crippen LogP) is 10.2. The molecular weight excluding hydrogens is 1160 g/mol. The normalized spacial score (nSPS) is 38.9. The van der Waals surface area contributed by atoms with Gasteiger partial charge in [-0.25, -0.2) is 27.4 Å². The molecule has 7 rings (SSSR count). The van der Waals surface area contributed by atoms with Gasteiger partial charge in [-0.05, 0) is 161 Å². The van der Waals surface area contributed by atoms with E-state index in [-0.39, 0.29) is 24.2 Å². The van der Waals surface area contributed by atoms with Crippen LogP contribution in [0.4, 0.5) is 0 Å². The van der Waals surface area contributed by atoms with E-state index < -0.39 is 136 Å². The molecule has 0 bridgehead atoms. The molecule has 19 atom stereocenters. The average Bonchev–Trinajstić information content (AvgIpc) is 3.41. The minimum atomic E-state index is -4.32. The smallest absolute Gasteiger partial charge is 0.369 e. The average molecular weight is 1250 g/mol. The maximum Gasteiger partial charge on any atom is 0.473 e. The molecule has 6 unspecified atom stereocenters. The van der Waals surface area contributed by atoms with Crippen LogP contribution in [0.5, 0.6) is 0 Å². The fourth-order valence-corrected chi connectivity index (χ4v) is 19.2. The maximum absolute atomic E-state index is 12.4. The van der Waals surface area contributed by atoms with Crippen LogP contribution in [0.25, 0.3) is 0 Å². The number of hydrogen-bond donors (Lipinski definition) is 6. The molecule has 0 spiro atoms. The fourth-order valence-electron chi connectivity index (χ4n) is 11.7. The standard InChI is InChI=1S/C15H28O9P2.2C15H30O9P2/c1-9(2)21-25(16,17)23-14-6-11(5)20-13(14)15(8-12(15)7-14)24-26(18,19)22-10(3)4;2*1-10(2)21-25(16,17)23-13-7-6-8-15(9-12(5)20-14(13)15)24-26(18,19)22-11(3)4/h9-13H,6-8H2,1-5H3,(H,16,17)(H,18,19);2*10-14H,6-9H2,1-5H3,(H,16,17)(H,18,19)/t11-,12+,13-,14+,15+;12-,13-,14-,15+;12-,13-,14-,15-/m000/s1. The summed E-state index contributed by atoms with van der Waals surface area (Å²) in [5.41, 5.74) is -4.35. The molecular formula is C45H88O27P6. The molecule has 7 aliphatic rings. The lowest BCUT2D eigenvalue weighted by Crippen LogP contribution is -2.51. The summed E-state index contributed by atoms with van der Waals surface area (Å²) < 4.78 is 154. The summed E-state index contributed by atoms with van der Waals surface area (Å²) in [6.45, 7) is 25.0. The zero-order valence-corrected chi connectivity index (χ0v) is 52.7. The van der Waals surface area contributed by atoms with Gasteiger partial charge in [0.15, 0.2) is 0 Å². The van der Waals surface area contributed by atoms with E-state index in [1.807, 2.05) is 20.8 Å². The topological polar surface area (TPSA) is 362 Å². The lowest BCUT2D eigenvalue weighted by molar-refractivity contribution is -0.125. The summed E-state index contributed by atoms with van der Waals surface area (Å²) in [4.78, 5) is 60.2. The summed E-state index contributed by atoms with van der Waals surface area (Å²) in [5, 5.41) is 0. The van der Waals surface area contributed by atoms with Gasteiger partial charge in [-0.15, -0.1) is 0 Å². The van der Waals surface area contributed by atoms with Gasteiger partial charge in [0.25, 0.3) is 0 Å². The molecule has 3 aliphatic heterocycles. The first-order valence-electron chi connectivity index (χ1n) is 26.7. The SMILES string of the molecule is CC(C)OP(=O)(O)O[C@H]1CCC[C@@]2(OP(=O)(O)OC(C)C)C[C@H](C)O[C@@H]12.CC(C)OP(=O)(O)O[C@H]1CCC[C@]2(OP(=O)(O)OC(C)C)C[C@H](C)O[C@@H]12.CC(C)OP(=O)(O)O[C@]12C[C@@H]3C[C@]3(OP(=O)(O)OC(C)C)[C@H]1O[C@@H](C)C2. The van der Waals surface area contributed by atoms with Gasteiger partial charge in [0.1, 0.15) is 40.7 Å². The van der Waals surface area contributed by atoms with Gasteiger partial charge in [0, 0.05) is 19.3 Å². The minimum Gasteiger partial charge on any atom is -0.369 e. The molecule has 7 fully saturated rings. The molecule has 3 heterocycles. The Morgan fingerprint density at radius 1 is 0.397 bits per heavy atom. The second-order valence-electron chi connectivity index (χ2n) is 23.1. The van der Waals surface area contributed by atoms with E-state index >= 15 is 0 Å². The van der Waals surface area contributed by atoms with Crippen molar-refractivity contribution >= 4 is 46.9 Å². The maximum atomic E-state index is 12.4. The Kier molecular flexibility index (Phi) is 23.3. The van der Waals surface area contributed by atoms with Crippen LogP contribution in [0.1, 0.15) is 174 Å². The molecule has 4 aliphatic carbocycles. The van der Waals surface area contributed by atoms with Crippen molar-refractivity contribution in [3.05, 3.63) is 0 Å². The van der Waals surface area contributed by atoms with Crippen LogP contribution in [0.3, 0.4) is 0 Å². The van der Waals surface area contributed by atoms with Crippen molar-refractivity contribution in [3.8, 4) is 0 Å². The number of phosphoric ester groups is 6. The highest BCUT2D eigenvalue weighted by molar-refractivity contribution is 7.48. The molecule has 27 nitrogen and oxygen atoms in total. The first-order chi connectivity index (χ1) is 35.5. The van der Waals surface area contributed by atoms with Crippen LogP contribution < -0.4 is 0 Å².